The van der Waals surface area contributed by atoms with Gasteiger partial charge in [0.2, 0.25) is 5.88 Å². The molecule has 0 radical (unpaired) electrons. The molecule has 8 nitrogen and oxygen atoms in total. The van der Waals surface area contributed by atoms with Gasteiger partial charge >= 0.3 is 0 Å². The quantitative estimate of drug-likeness (QED) is 0.378. The Labute approximate surface area is 113 Å². The molecule has 8 heteroatoms. The fourth-order valence-electron chi connectivity index (χ4n) is 1.60. The summed E-state index contributed by atoms with van der Waals surface area (Å²) in [7, 11) is 0. The van der Waals surface area contributed by atoms with Crippen molar-refractivity contribution in [1.82, 2.24) is 9.97 Å². The molecule has 20 heavy (non-hydrogen) atoms. The van der Waals surface area contributed by atoms with Gasteiger partial charge in [0.1, 0.15) is 11.6 Å². The van der Waals surface area contributed by atoms with Gasteiger partial charge in [-0.2, -0.15) is 0 Å². The average Bonchev–Trinajstić information content (AvgIpc) is 2.41. The molecule has 1 heterocycles. The number of nitro benzene ring substituents is 1. The van der Waals surface area contributed by atoms with Gasteiger partial charge in [0.25, 0.3) is 5.69 Å². The molecule has 1 aromatic heterocycles. The van der Waals surface area contributed by atoms with Gasteiger partial charge in [-0.15, -0.1) is 0 Å². The standard InChI is InChI=1S/C12H11N5O3/c1-7-8(17(18)19)3-2-4-9(7)20-12-10(11(13)14)15-5-6-16-12/h2-6H,1H3,(H3,13,14). The number of hydrogen-bond donors (Lipinski definition) is 2. The van der Waals surface area contributed by atoms with Crippen molar-refractivity contribution in [2.75, 3.05) is 0 Å². The highest BCUT2D eigenvalue weighted by molar-refractivity contribution is 5.95. The summed E-state index contributed by atoms with van der Waals surface area (Å²) in [5, 5.41) is 18.3. The Morgan fingerprint density at radius 1 is 1.40 bits per heavy atom. The lowest BCUT2D eigenvalue weighted by Gasteiger charge is -2.09. The first-order valence-electron chi connectivity index (χ1n) is 5.58. The number of nitrogens with one attached hydrogen (secondary N) is 1. The van der Waals surface area contributed by atoms with Gasteiger partial charge in [0.15, 0.2) is 5.69 Å². The van der Waals surface area contributed by atoms with Crippen molar-refractivity contribution in [2.24, 2.45) is 5.73 Å². The van der Waals surface area contributed by atoms with Crippen LogP contribution in [0.4, 0.5) is 5.69 Å². The zero-order valence-corrected chi connectivity index (χ0v) is 10.5. The zero-order valence-electron chi connectivity index (χ0n) is 10.5. The molecule has 1 aromatic carbocycles. The first-order chi connectivity index (χ1) is 9.50. The van der Waals surface area contributed by atoms with Crippen molar-refractivity contribution in [3.63, 3.8) is 0 Å². The van der Waals surface area contributed by atoms with Crippen LogP contribution in [0.3, 0.4) is 0 Å². The highest BCUT2D eigenvalue weighted by atomic mass is 16.6. The van der Waals surface area contributed by atoms with Crippen LogP contribution in [0.15, 0.2) is 30.6 Å². The fraction of sp³-hybridized carbons (Fsp3) is 0.0833. The molecule has 2 rings (SSSR count). The van der Waals surface area contributed by atoms with Gasteiger partial charge in [0, 0.05) is 18.5 Å². The lowest BCUT2D eigenvalue weighted by Crippen LogP contribution is -2.15. The molecule has 0 aliphatic heterocycles. The number of ether oxygens (including phenoxy) is 1. The molecular formula is C12H11N5O3. The Balaban J connectivity index is 2.43. The third-order valence-corrected chi connectivity index (χ3v) is 2.58. The third-order valence-electron chi connectivity index (χ3n) is 2.58. The zero-order chi connectivity index (χ0) is 14.7. The van der Waals surface area contributed by atoms with E-state index in [1.807, 2.05) is 0 Å². The summed E-state index contributed by atoms with van der Waals surface area (Å²) in [4.78, 5) is 18.2. The maximum atomic E-state index is 10.9. The molecule has 0 saturated carbocycles. The van der Waals surface area contributed by atoms with E-state index in [9.17, 15) is 10.1 Å². The minimum absolute atomic E-state index is 0.0311. The van der Waals surface area contributed by atoms with Gasteiger partial charge in [-0.05, 0) is 13.0 Å². The van der Waals surface area contributed by atoms with Crippen LogP contribution in [0.25, 0.3) is 0 Å². The van der Waals surface area contributed by atoms with Crippen molar-refractivity contribution in [3.8, 4) is 11.6 Å². The number of nitrogens with two attached hydrogens (primary N) is 1. The van der Waals surface area contributed by atoms with E-state index in [-0.39, 0.29) is 28.8 Å². The molecule has 0 fully saturated rings. The summed E-state index contributed by atoms with van der Waals surface area (Å²) in [6.07, 6.45) is 2.76. The van der Waals surface area contributed by atoms with Crippen LogP contribution >= 0.6 is 0 Å². The first kappa shape index (κ1) is 13.4. The lowest BCUT2D eigenvalue weighted by molar-refractivity contribution is -0.385. The second-order valence-electron chi connectivity index (χ2n) is 3.88. The number of nitrogens with zero attached hydrogens (tertiary/aromatic N) is 3. The van der Waals surface area contributed by atoms with Crippen LogP contribution in [0.5, 0.6) is 11.6 Å². The number of hydrogen-bond acceptors (Lipinski definition) is 6. The van der Waals surface area contributed by atoms with Crippen LogP contribution in [-0.2, 0) is 0 Å². The minimum Gasteiger partial charge on any atom is -0.436 e. The molecule has 0 aliphatic carbocycles. The second-order valence-corrected chi connectivity index (χ2v) is 3.88. The summed E-state index contributed by atoms with van der Waals surface area (Å²) in [5.74, 6) is 0.00184. The average molecular weight is 273 g/mol. The monoisotopic (exact) mass is 273 g/mol. The van der Waals surface area contributed by atoms with Crippen LogP contribution in [0.2, 0.25) is 0 Å². The molecule has 0 spiro atoms. The van der Waals surface area contributed by atoms with E-state index in [0.717, 1.165) is 0 Å². The van der Waals surface area contributed by atoms with Gasteiger partial charge < -0.3 is 10.5 Å². The summed E-state index contributed by atoms with van der Waals surface area (Å²) >= 11 is 0. The molecule has 0 amide bonds. The summed E-state index contributed by atoms with van der Waals surface area (Å²) in [6, 6.07) is 4.45. The van der Waals surface area contributed by atoms with Crippen molar-refractivity contribution >= 4 is 11.5 Å². The Morgan fingerprint density at radius 2 is 2.10 bits per heavy atom. The summed E-state index contributed by atoms with van der Waals surface area (Å²) in [5.41, 5.74) is 5.76. The van der Waals surface area contributed by atoms with E-state index >= 15 is 0 Å². The van der Waals surface area contributed by atoms with Gasteiger partial charge in [0.05, 0.1) is 10.5 Å². The topological polar surface area (TPSA) is 128 Å². The second kappa shape index (κ2) is 5.31. The lowest BCUT2D eigenvalue weighted by atomic mass is 10.2. The van der Waals surface area contributed by atoms with Gasteiger partial charge in [-0.1, -0.05) is 6.07 Å². The van der Waals surface area contributed by atoms with Crippen LogP contribution in [-0.4, -0.2) is 20.7 Å². The van der Waals surface area contributed by atoms with E-state index in [4.69, 9.17) is 15.9 Å². The van der Waals surface area contributed by atoms with E-state index < -0.39 is 4.92 Å². The van der Waals surface area contributed by atoms with Crippen molar-refractivity contribution < 1.29 is 9.66 Å². The Kier molecular flexibility index (Phi) is 3.56. The number of nitro groups is 1. The predicted molar refractivity (Wildman–Crippen MR) is 71.0 cm³/mol. The van der Waals surface area contributed by atoms with Crippen LogP contribution < -0.4 is 10.5 Å². The molecular weight excluding hydrogens is 262 g/mol. The van der Waals surface area contributed by atoms with Crippen molar-refractivity contribution in [3.05, 3.63) is 52.0 Å². The largest absolute Gasteiger partial charge is 0.436 e. The smallest absolute Gasteiger partial charge is 0.276 e. The Morgan fingerprint density at radius 3 is 2.75 bits per heavy atom. The third kappa shape index (κ3) is 2.53. The van der Waals surface area contributed by atoms with E-state index in [2.05, 4.69) is 9.97 Å². The van der Waals surface area contributed by atoms with Crippen LogP contribution in [0.1, 0.15) is 11.3 Å². The molecule has 0 atom stereocenters. The molecule has 0 saturated heterocycles. The van der Waals surface area contributed by atoms with E-state index in [0.29, 0.717) is 5.56 Å². The number of amidine groups is 1. The first-order valence-corrected chi connectivity index (χ1v) is 5.58. The SMILES string of the molecule is Cc1c(Oc2nccnc2C(=N)N)cccc1[N+](=O)[O-]. The molecule has 3 N–H and O–H groups in total. The number of rotatable bonds is 4. The maximum Gasteiger partial charge on any atom is 0.276 e. The number of aromatic nitrogens is 2. The summed E-state index contributed by atoms with van der Waals surface area (Å²) < 4.78 is 5.49. The van der Waals surface area contributed by atoms with Crippen molar-refractivity contribution in [2.45, 2.75) is 6.92 Å². The van der Waals surface area contributed by atoms with Gasteiger partial charge in [-0.25, -0.2) is 9.97 Å². The highest BCUT2D eigenvalue weighted by Crippen LogP contribution is 2.30. The highest BCUT2D eigenvalue weighted by Gasteiger charge is 2.17. The number of nitrogen functional groups attached to an aromatic ring is 1. The predicted octanol–water partition coefficient (Wildman–Crippen LogP) is 1.77. The molecule has 2 aromatic rings. The van der Waals surface area contributed by atoms with E-state index in [1.54, 1.807) is 13.0 Å². The Hall–Kier alpha value is -3.03. The molecule has 0 unspecified atom stereocenters. The fourth-order valence-corrected chi connectivity index (χ4v) is 1.60. The van der Waals surface area contributed by atoms with Crippen LogP contribution in [0, 0.1) is 22.4 Å². The summed E-state index contributed by atoms with van der Waals surface area (Å²) in [6.45, 7) is 1.57. The van der Waals surface area contributed by atoms with Gasteiger partial charge in [-0.3, -0.25) is 15.5 Å². The molecule has 102 valence electrons. The minimum atomic E-state index is -0.495. The van der Waals surface area contributed by atoms with E-state index in [1.165, 1.54) is 24.5 Å². The van der Waals surface area contributed by atoms with Crippen molar-refractivity contribution in [1.29, 1.82) is 5.41 Å². The Bertz CT molecular complexity index is 687. The maximum absolute atomic E-state index is 10.9. The molecule has 0 bridgehead atoms. The number of benzene rings is 1. The normalized spacial score (nSPS) is 10.1. The molecule has 0 aliphatic rings.